The highest BCUT2D eigenvalue weighted by Crippen LogP contribution is 2.70. The summed E-state index contributed by atoms with van der Waals surface area (Å²) in [5.74, 6) is -3.96. The molecule has 0 spiro atoms. The predicted molar refractivity (Wildman–Crippen MR) is 232 cm³/mol. The van der Waals surface area contributed by atoms with Gasteiger partial charge in [0.05, 0.1) is 37.0 Å². The van der Waals surface area contributed by atoms with Crippen LogP contribution in [0.1, 0.15) is 79.1 Å². The number of fused-ring (bicyclic) bond motifs is 5. The molecule has 21 nitrogen and oxygen atoms in total. The number of aliphatic hydroxyl groups excluding tert-OH is 6. The number of hydrogen-bond donors (Lipinski definition) is 11. The number of aliphatic hydroxyl groups is 6. The zero-order valence-electron chi connectivity index (χ0n) is 38.8. The summed E-state index contributed by atoms with van der Waals surface area (Å²) in [5.41, 5.74) is 23.0. The molecule has 0 amide bonds. The highest BCUT2D eigenvalue weighted by molar-refractivity contribution is 6.01. The summed E-state index contributed by atoms with van der Waals surface area (Å²) in [6.07, 6.45) is -9.98. The van der Waals surface area contributed by atoms with E-state index in [2.05, 4.69) is 0 Å². The fourth-order valence-electron chi connectivity index (χ4n) is 12.0. The third-order valence-corrected chi connectivity index (χ3v) is 15.8. The van der Waals surface area contributed by atoms with Gasteiger partial charge in [0.15, 0.2) is 36.2 Å². The van der Waals surface area contributed by atoms with Crippen LogP contribution in [0.25, 0.3) is 0 Å². The highest BCUT2D eigenvalue weighted by Gasteiger charge is 2.76. The number of Topliss-reactive ketones (excluding diaryl/α,β-unsaturated/α-hetero) is 1. The zero-order chi connectivity index (χ0) is 50.4. The van der Waals surface area contributed by atoms with E-state index in [-0.39, 0.29) is 57.1 Å². The van der Waals surface area contributed by atoms with E-state index >= 15 is 8.78 Å². The van der Waals surface area contributed by atoms with Gasteiger partial charge in [-0.2, -0.15) is 0 Å². The van der Waals surface area contributed by atoms with Gasteiger partial charge in [0.1, 0.15) is 42.8 Å². The Morgan fingerprint density at radius 2 is 1.51 bits per heavy atom. The molecule has 68 heavy (non-hydrogen) atoms. The molecule has 2 heterocycles. The van der Waals surface area contributed by atoms with Crippen molar-refractivity contribution < 1.29 is 87.0 Å². The number of ether oxygens (including phenoxy) is 6. The number of allylic oxidation sites excluding steroid dienone is 4. The van der Waals surface area contributed by atoms with Gasteiger partial charge in [-0.1, -0.05) is 19.9 Å². The molecule has 0 bridgehead atoms. The first-order chi connectivity index (χ1) is 31.8. The van der Waals surface area contributed by atoms with Gasteiger partial charge in [0.25, 0.3) is 0 Å². The number of hydrogen-bond acceptors (Lipinski definition) is 21. The van der Waals surface area contributed by atoms with E-state index in [4.69, 9.17) is 57.1 Å². The summed E-state index contributed by atoms with van der Waals surface area (Å²) in [4.78, 5) is 49.6. The lowest BCUT2D eigenvalue weighted by Crippen LogP contribution is -2.70. The van der Waals surface area contributed by atoms with E-state index in [1.54, 1.807) is 13.8 Å². The molecule has 22 atom stereocenters. The van der Waals surface area contributed by atoms with Crippen LogP contribution in [0.5, 0.6) is 0 Å². The predicted octanol–water partition coefficient (Wildman–Crippen LogP) is -2.78. The lowest BCUT2D eigenvalue weighted by Gasteiger charge is -2.63. The molecular weight excluding hydrogens is 905 g/mol. The lowest BCUT2D eigenvalue weighted by atomic mass is 9.44. The number of carbonyl (C=O) groups excluding carboxylic acids is 4. The average molecular weight is 976 g/mol. The number of alkyl halides is 2. The second-order valence-electron chi connectivity index (χ2n) is 19.9. The molecule has 5 aliphatic carbocycles. The monoisotopic (exact) mass is 975 g/mol. The van der Waals surface area contributed by atoms with E-state index < -0.39 is 169 Å². The van der Waals surface area contributed by atoms with Gasteiger partial charge in [-0.15, -0.1) is 0 Å². The highest BCUT2D eigenvalue weighted by atomic mass is 19.1. The van der Waals surface area contributed by atoms with Crippen molar-refractivity contribution >= 4 is 23.5 Å². The molecule has 0 aromatic rings. The average Bonchev–Trinajstić information content (AvgIpc) is 3.56. The van der Waals surface area contributed by atoms with Gasteiger partial charge < -0.3 is 87.7 Å². The number of esters is 2. The molecule has 7 aliphatic rings. The smallest absolute Gasteiger partial charge is 0.306 e. The topological polar surface area (TPSA) is 375 Å². The molecule has 0 aromatic heterocycles. The fraction of sp³-hybridized carbons (Fsp3) is 0.822. The van der Waals surface area contributed by atoms with E-state index in [1.807, 2.05) is 0 Å². The molecule has 2 saturated heterocycles. The Kier molecular flexibility index (Phi) is 16.8. The second-order valence-corrected chi connectivity index (χ2v) is 19.9. The Bertz CT molecular complexity index is 1920. The van der Waals surface area contributed by atoms with E-state index in [0.29, 0.717) is 6.42 Å². The lowest BCUT2D eigenvalue weighted by molar-refractivity contribution is -0.314. The molecule has 6 fully saturated rings. The van der Waals surface area contributed by atoms with Gasteiger partial charge in [-0.3, -0.25) is 19.2 Å². The van der Waals surface area contributed by atoms with Gasteiger partial charge >= 0.3 is 11.9 Å². The van der Waals surface area contributed by atoms with Crippen LogP contribution < -0.4 is 28.7 Å². The Hall–Kier alpha value is -2.98. The number of ketones is 2. The minimum Gasteiger partial charge on any atom is -0.458 e. The third-order valence-electron chi connectivity index (χ3n) is 15.8. The minimum absolute atomic E-state index is 0.0148. The first kappa shape index (κ1) is 54.4. The molecule has 386 valence electrons. The molecule has 0 radical (unpaired) electrons. The van der Waals surface area contributed by atoms with Crippen molar-refractivity contribution in [2.45, 2.75) is 188 Å². The molecule has 23 heteroatoms. The zero-order valence-corrected chi connectivity index (χ0v) is 38.8. The van der Waals surface area contributed by atoms with Crippen molar-refractivity contribution in [2.24, 2.45) is 51.3 Å². The van der Waals surface area contributed by atoms with E-state index in [9.17, 15) is 49.8 Å². The van der Waals surface area contributed by atoms with Crippen molar-refractivity contribution in [3.05, 3.63) is 23.8 Å². The number of carbonyl (C=O) groups is 4. The Balaban J connectivity index is 0.000000226. The maximum atomic E-state index is 17.2. The second kappa shape index (κ2) is 21.0. The van der Waals surface area contributed by atoms with Crippen molar-refractivity contribution in [2.75, 3.05) is 19.8 Å². The van der Waals surface area contributed by atoms with Crippen molar-refractivity contribution in [1.82, 2.24) is 0 Å². The normalized spacial score (nSPS) is 47.6. The summed E-state index contributed by atoms with van der Waals surface area (Å²) in [7, 11) is 0. The molecule has 7 rings (SSSR count). The summed E-state index contributed by atoms with van der Waals surface area (Å²) in [5, 5.41) is 62.1. The quantitative estimate of drug-likeness (QED) is 0.0882. The molecule has 2 aliphatic heterocycles. The van der Waals surface area contributed by atoms with Crippen LogP contribution in [0, 0.1) is 22.7 Å². The van der Waals surface area contributed by atoms with E-state index in [1.165, 1.54) is 19.1 Å². The SMILES string of the molecule is CCCC(=O)O[C@]1(C(=O)COC(C)=O)CC[C@H]2[C@@H]3C[C@H](F)C4=CC(=O)C=C[C@]4(C)[C@@]3(F)[C@@H](O)C[C@@]21C.NC[C@H]1O[C@H](O[C@H]2[C@H](O)[C@@H](O[C@H]3O[C@H](CO)[C@@H](O)[C@H](N)[C@H]3O)[C@H](N)C[C@@H]2N)[C@H](N)C[C@@H]1O. The molecule has 0 aromatic carbocycles. The Morgan fingerprint density at radius 3 is 2.12 bits per heavy atom. The van der Waals surface area contributed by atoms with Crippen LogP contribution in [0.2, 0.25) is 0 Å². The fourth-order valence-corrected chi connectivity index (χ4v) is 12.0. The standard InChI is InChI=1S/C27H34F2O7.C18H37N5O9/c1-5-6-23(34)36-26(22(33)14-35-15(2)30)10-8-17-18-12-20(28)19-11-16(31)7-9-24(19,3)27(18,29)21(32)13-25(17,26)4;19-3-9-8(25)2-7(22)17(29-9)31-15-5(20)1-6(21)16(14(15)28)32-18-13(27)11(23)12(26)10(4-24)30-18/h7,9,11,17-18,20-21,32H,5-6,8,10,12-14H2,1-4H3;5-18,24-28H,1-4,19-23H2/t17-,18-,20-,21-,24-,25-,26-,27-;5-,6+,7+,8-,9+,10+,11-,12+,13+,14-,15+,16-,17+,18+/m00/s1. The van der Waals surface area contributed by atoms with Crippen LogP contribution in [-0.2, 0) is 47.6 Å². The third kappa shape index (κ3) is 9.59. The first-order valence-corrected chi connectivity index (χ1v) is 23.4. The van der Waals surface area contributed by atoms with Crippen LogP contribution in [0.4, 0.5) is 8.78 Å². The number of rotatable bonds is 12. The van der Waals surface area contributed by atoms with Crippen molar-refractivity contribution in [3.8, 4) is 0 Å². The van der Waals surface area contributed by atoms with Crippen LogP contribution in [0.3, 0.4) is 0 Å². The van der Waals surface area contributed by atoms with Crippen molar-refractivity contribution in [3.63, 3.8) is 0 Å². The van der Waals surface area contributed by atoms with Crippen molar-refractivity contribution in [1.29, 1.82) is 0 Å². The first-order valence-electron chi connectivity index (χ1n) is 23.4. The molecule has 4 saturated carbocycles. The largest absolute Gasteiger partial charge is 0.458 e. The van der Waals surface area contributed by atoms with Gasteiger partial charge in [0.2, 0.25) is 5.78 Å². The van der Waals surface area contributed by atoms with Gasteiger partial charge in [0, 0.05) is 48.7 Å². The van der Waals surface area contributed by atoms with Crippen LogP contribution in [-0.4, -0.2) is 183 Å². The number of halogens is 2. The summed E-state index contributed by atoms with van der Waals surface area (Å²) < 4.78 is 66.3. The van der Waals surface area contributed by atoms with Crippen LogP contribution in [0.15, 0.2) is 23.8 Å². The van der Waals surface area contributed by atoms with Gasteiger partial charge in [-0.05, 0) is 75.5 Å². The Labute approximate surface area is 393 Å². The summed E-state index contributed by atoms with van der Waals surface area (Å²) in [6, 6.07) is -3.27. The molecule has 16 N–H and O–H groups in total. The van der Waals surface area contributed by atoms with E-state index in [0.717, 1.165) is 13.0 Å². The summed E-state index contributed by atoms with van der Waals surface area (Å²) in [6.45, 7) is 5.00. The van der Waals surface area contributed by atoms with Crippen LogP contribution >= 0.6 is 0 Å². The maximum absolute atomic E-state index is 17.2. The number of nitrogens with two attached hydrogens (primary N) is 5. The maximum Gasteiger partial charge on any atom is 0.306 e. The molecule has 0 unspecified atom stereocenters. The van der Waals surface area contributed by atoms with Gasteiger partial charge in [-0.25, -0.2) is 8.78 Å². The molecular formula is C45H71F2N5O16. The summed E-state index contributed by atoms with van der Waals surface area (Å²) >= 11 is 0. The minimum atomic E-state index is -2.30. The Morgan fingerprint density at radius 1 is 0.882 bits per heavy atom.